The molecule has 0 saturated heterocycles. The van der Waals surface area contributed by atoms with Crippen molar-refractivity contribution in [3.05, 3.63) is 42.2 Å². The van der Waals surface area contributed by atoms with E-state index >= 15 is 0 Å². The monoisotopic (exact) mass is 348 g/mol. The predicted molar refractivity (Wildman–Crippen MR) is 90.5 cm³/mol. The van der Waals surface area contributed by atoms with Crippen molar-refractivity contribution in [2.45, 2.75) is 6.61 Å². The summed E-state index contributed by atoms with van der Waals surface area (Å²) in [5, 5.41) is 2.91. The molecule has 5 N–H and O–H groups in total. The van der Waals surface area contributed by atoms with Crippen molar-refractivity contribution in [3.63, 3.8) is 0 Å². The molecule has 10 heteroatoms. The van der Waals surface area contributed by atoms with Crippen LogP contribution in [0.3, 0.4) is 0 Å². The highest BCUT2D eigenvalue weighted by molar-refractivity contribution is 7.52. The van der Waals surface area contributed by atoms with E-state index in [1.165, 1.54) is 6.33 Å². The molecule has 0 aliphatic carbocycles. The van der Waals surface area contributed by atoms with Gasteiger partial charge >= 0.3 is 7.60 Å². The lowest BCUT2D eigenvalue weighted by molar-refractivity contribution is 0.251. The minimum absolute atomic E-state index is 0.0575. The first-order valence-electron chi connectivity index (χ1n) is 7.24. The topological polar surface area (TPSA) is 139 Å². The number of hydrogen-bond acceptors (Lipinski definition) is 7. The number of imidazole rings is 1. The fourth-order valence-electron chi connectivity index (χ4n) is 2.06. The average Bonchev–Trinajstić information content (AvgIpc) is 2.98. The number of anilines is 2. The number of nitrogens with zero attached hydrogens (tertiary/aromatic N) is 3. The molecule has 126 valence electrons. The van der Waals surface area contributed by atoms with Gasteiger partial charge in [-0.1, -0.05) is 30.3 Å². The summed E-state index contributed by atoms with van der Waals surface area (Å²) in [6.07, 6.45) is 1.26. The fourth-order valence-corrected chi connectivity index (χ4v) is 2.93. The first-order chi connectivity index (χ1) is 11.5. The van der Waals surface area contributed by atoms with Crippen molar-refractivity contribution in [2.75, 3.05) is 23.8 Å². The van der Waals surface area contributed by atoms with E-state index in [4.69, 9.17) is 10.3 Å². The lowest BCUT2D eigenvalue weighted by atomic mass is 10.2. The average molecular weight is 348 g/mol. The van der Waals surface area contributed by atoms with Crippen LogP contribution in [0.5, 0.6) is 0 Å². The van der Waals surface area contributed by atoms with Crippen molar-refractivity contribution in [2.24, 2.45) is 0 Å². The van der Waals surface area contributed by atoms with Crippen molar-refractivity contribution in [3.8, 4) is 0 Å². The van der Waals surface area contributed by atoms with Gasteiger partial charge in [0.05, 0.1) is 12.8 Å². The summed E-state index contributed by atoms with van der Waals surface area (Å²) in [5.41, 5.74) is 7.50. The number of hydrogen-bond donors (Lipinski definition) is 4. The molecule has 0 aliphatic rings. The van der Waals surface area contributed by atoms with Gasteiger partial charge in [0.2, 0.25) is 5.95 Å². The molecule has 9 nitrogen and oxygen atoms in total. The number of H-pyrrole nitrogens is 1. The normalized spacial score (nSPS) is 13.7. The standard InChI is InChI=1S/C14H17N6O3P/c15-12-11-13(18-9-17-12)20-14(19-11)16-6-7-24(21,22)23-8-10-4-2-1-3-5-10/h1-5,9H,6-8H2,(H,21,22)(H4,15,16,17,18,19,20). The van der Waals surface area contributed by atoms with Crippen LogP contribution in [0.25, 0.3) is 11.2 Å². The van der Waals surface area contributed by atoms with Crippen LogP contribution in [0, 0.1) is 0 Å². The van der Waals surface area contributed by atoms with E-state index in [9.17, 15) is 9.46 Å². The van der Waals surface area contributed by atoms with Crippen LogP contribution in [-0.4, -0.2) is 37.5 Å². The van der Waals surface area contributed by atoms with Gasteiger partial charge in [-0.05, 0) is 5.56 Å². The second kappa shape index (κ2) is 6.96. The maximum atomic E-state index is 12.0. The Kier molecular flexibility index (Phi) is 4.75. The van der Waals surface area contributed by atoms with Gasteiger partial charge in [0.25, 0.3) is 0 Å². The molecular formula is C14H17N6O3P. The smallest absolute Gasteiger partial charge is 0.330 e. The van der Waals surface area contributed by atoms with Gasteiger partial charge in [-0.2, -0.15) is 4.98 Å². The SMILES string of the molecule is Nc1ncnc2nc(NCCP(=O)(O)OCc3ccccc3)[nH]c12. The minimum atomic E-state index is -3.70. The lowest BCUT2D eigenvalue weighted by Gasteiger charge is -2.12. The van der Waals surface area contributed by atoms with Crippen LogP contribution in [-0.2, 0) is 15.7 Å². The fraction of sp³-hybridized carbons (Fsp3) is 0.214. The molecule has 0 bridgehead atoms. The predicted octanol–water partition coefficient (Wildman–Crippen LogP) is 1.75. The summed E-state index contributed by atoms with van der Waals surface area (Å²) < 4.78 is 17.2. The maximum Gasteiger partial charge on any atom is 0.330 e. The molecule has 0 spiro atoms. The molecular weight excluding hydrogens is 331 g/mol. The van der Waals surface area contributed by atoms with E-state index in [0.29, 0.717) is 22.9 Å². The molecule has 2 aromatic heterocycles. The highest BCUT2D eigenvalue weighted by Crippen LogP contribution is 2.42. The summed E-state index contributed by atoms with van der Waals surface area (Å²) in [5.74, 6) is 0.694. The van der Waals surface area contributed by atoms with Crippen molar-refractivity contribution < 1.29 is 14.0 Å². The first-order valence-corrected chi connectivity index (χ1v) is 9.00. The summed E-state index contributed by atoms with van der Waals surface area (Å²) in [4.78, 5) is 24.8. The Morgan fingerprint density at radius 1 is 1.29 bits per heavy atom. The van der Waals surface area contributed by atoms with Crippen molar-refractivity contribution in [1.29, 1.82) is 0 Å². The van der Waals surface area contributed by atoms with Gasteiger partial charge in [0.1, 0.15) is 11.8 Å². The zero-order valence-electron chi connectivity index (χ0n) is 12.7. The Morgan fingerprint density at radius 3 is 2.83 bits per heavy atom. The molecule has 0 amide bonds. The molecule has 0 aliphatic heterocycles. The third kappa shape index (κ3) is 4.08. The van der Waals surface area contributed by atoms with Gasteiger partial charge in [-0.3, -0.25) is 4.57 Å². The van der Waals surface area contributed by atoms with Gasteiger partial charge in [0, 0.05) is 6.54 Å². The molecule has 0 fully saturated rings. The molecule has 0 saturated carbocycles. The maximum absolute atomic E-state index is 12.0. The largest absolute Gasteiger partial charge is 0.382 e. The van der Waals surface area contributed by atoms with Crippen LogP contribution >= 0.6 is 7.60 Å². The highest BCUT2D eigenvalue weighted by atomic mass is 31.2. The van der Waals surface area contributed by atoms with E-state index in [1.807, 2.05) is 30.3 Å². The zero-order chi connectivity index (χ0) is 17.0. The third-order valence-electron chi connectivity index (χ3n) is 3.28. The van der Waals surface area contributed by atoms with Crippen LogP contribution in [0.15, 0.2) is 36.7 Å². The van der Waals surface area contributed by atoms with Gasteiger partial charge in [-0.25, -0.2) is 9.97 Å². The van der Waals surface area contributed by atoms with Crippen LogP contribution in [0.1, 0.15) is 5.56 Å². The Balaban J connectivity index is 1.52. The number of benzene rings is 1. The van der Waals surface area contributed by atoms with Gasteiger partial charge in [-0.15, -0.1) is 0 Å². The molecule has 1 atom stereocenters. The number of rotatable bonds is 7. The van der Waals surface area contributed by atoms with Gasteiger partial charge in [0.15, 0.2) is 11.5 Å². The van der Waals surface area contributed by atoms with Crippen LogP contribution in [0.2, 0.25) is 0 Å². The second-order valence-corrected chi connectivity index (χ2v) is 7.07. The van der Waals surface area contributed by atoms with Crippen LogP contribution in [0.4, 0.5) is 11.8 Å². The van der Waals surface area contributed by atoms with Crippen molar-refractivity contribution >= 4 is 30.5 Å². The van der Waals surface area contributed by atoms with Gasteiger partial charge < -0.3 is 25.5 Å². The van der Waals surface area contributed by atoms with E-state index in [0.717, 1.165) is 5.56 Å². The minimum Gasteiger partial charge on any atom is -0.382 e. The Bertz CT molecular complexity index is 869. The quantitative estimate of drug-likeness (QED) is 0.474. The van der Waals surface area contributed by atoms with Crippen LogP contribution < -0.4 is 11.1 Å². The van der Waals surface area contributed by atoms with E-state index in [1.54, 1.807) is 0 Å². The molecule has 3 rings (SSSR count). The second-order valence-electron chi connectivity index (χ2n) is 5.09. The summed E-state index contributed by atoms with van der Waals surface area (Å²) in [6, 6.07) is 9.23. The van der Waals surface area contributed by atoms with E-state index < -0.39 is 7.60 Å². The molecule has 3 aromatic rings. The summed E-state index contributed by atoms with van der Waals surface area (Å²) in [7, 11) is -3.70. The Labute approximate surface area is 137 Å². The summed E-state index contributed by atoms with van der Waals surface area (Å²) in [6.45, 7) is 0.293. The lowest BCUT2D eigenvalue weighted by Crippen LogP contribution is -2.09. The third-order valence-corrected chi connectivity index (χ3v) is 4.60. The molecule has 24 heavy (non-hydrogen) atoms. The van der Waals surface area contributed by atoms with Crippen molar-refractivity contribution in [1.82, 2.24) is 19.9 Å². The number of aromatic nitrogens is 4. The number of nitrogens with two attached hydrogens (primary N) is 1. The number of fused-ring (bicyclic) bond motifs is 1. The number of aromatic amines is 1. The summed E-state index contributed by atoms with van der Waals surface area (Å²) >= 11 is 0. The van der Waals surface area contributed by atoms with E-state index in [2.05, 4.69) is 25.3 Å². The van der Waals surface area contributed by atoms with E-state index in [-0.39, 0.29) is 19.3 Å². The first kappa shape index (κ1) is 16.4. The Hall–Kier alpha value is -2.48. The molecule has 1 unspecified atom stereocenters. The number of nitrogens with one attached hydrogen (secondary N) is 2. The Morgan fingerprint density at radius 2 is 2.08 bits per heavy atom. The highest BCUT2D eigenvalue weighted by Gasteiger charge is 2.19. The molecule has 1 aromatic carbocycles. The zero-order valence-corrected chi connectivity index (χ0v) is 13.6. The molecule has 2 heterocycles. The molecule has 0 radical (unpaired) electrons. The number of nitrogen functional groups attached to an aromatic ring is 1.